The van der Waals surface area contributed by atoms with Gasteiger partial charge in [-0.25, -0.2) is 9.67 Å². The number of allylic oxidation sites excluding steroid dienone is 2. The molecule has 1 fully saturated rings. The number of aliphatic hydroxyl groups is 1. The summed E-state index contributed by atoms with van der Waals surface area (Å²) in [4.78, 5) is 33.5. The summed E-state index contributed by atoms with van der Waals surface area (Å²) in [6.45, 7) is 12.1. The van der Waals surface area contributed by atoms with Gasteiger partial charge in [0, 0.05) is 34.1 Å². The van der Waals surface area contributed by atoms with Crippen molar-refractivity contribution in [2.45, 2.75) is 83.6 Å². The molecule has 9 heteroatoms. The molecule has 208 valence electrons. The van der Waals surface area contributed by atoms with Crippen LogP contribution in [0.25, 0.3) is 11.0 Å². The quantitative estimate of drug-likeness (QED) is 0.434. The summed E-state index contributed by atoms with van der Waals surface area (Å²) in [5.74, 6) is -2.56. The van der Waals surface area contributed by atoms with Crippen molar-refractivity contribution < 1.29 is 19.4 Å². The van der Waals surface area contributed by atoms with E-state index >= 15 is 0 Å². The number of benzene rings is 1. The van der Waals surface area contributed by atoms with Gasteiger partial charge in [-0.3, -0.25) is 9.59 Å². The van der Waals surface area contributed by atoms with Gasteiger partial charge in [0.2, 0.25) is 11.3 Å². The van der Waals surface area contributed by atoms with E-state index in [0.29, 0.717) is 52.0 Å². The fourth-order valence-corrected chi connectivity index (χ4v) is 6.12. The van der Waals surface area contributed by atoms with Crippen LogP contribution in [0.4, 0.5) is 0 Å². The first kappa shape index (κ1) is 26.3. The predicted molar refractivity (Wildman–Crippen MR) is 151 cm³/mol. The van der Waals surface area contributed by atoms with Crippen molar-refractivity contribution in [1.82, 2.24) is 20.1 Å². The number of nitrogens with two attached hydrogens (primary N) is 1. The highest BCUT2D eigenvalue weighted by Crippen LogP contribution is 2.59. The second-order valence-electron chi connectivity index (χ2n) is 11.9. The molecule has 2 aromatic heterocycles. The first-order chi connectivity index (χ1) is 18.9. The fourth-order valence-electron chi connectivity index (χ4n) is 6.12. The van der Waals surface area contributed by atoms with Gasteiger partial charge in [0.1, 0.15) is 5.75 Å². The minimum atomic E-state index is -2.15. The molecule has 1 saturated carbocycles. The third-order valence-electron chi connectivity index (χ3n) is 8.34. The van der Waals surface area contributed by atoms with E-state index in [4.69, 9.17) is 15.5 Å². The molecule has 1 aliphatic heterocycles. The number of carbonyl (C=O) groups is 2. The van der Waals surface area contributed by atoms with Crippen LogP contribution in [0, 0.1) is 0 Å². The second-order valence-corrected chi connectivity index (χ2v) is 11.9. The van der Waals surface area contributed by atoms with Crippen molar-refractivity contribution in [2.75, 3.05) is 0 Å². The summed E-state index contributed by atoms with van der Waals surface area (Å²) in [5.41, 5.74) is 8.36. The molecule has 6 rings (SSSR count). The summed E-state index contributed by atoms with van der Waals surface area (Å²) in [7, 11) is 0. The SMILES string of the molecule is CC(C)c1ccc2c(c1)OC1(O)C3=CCCC(N)=C3C(=O)C21NC(=O)c1cc(C(C)C)nc2c1cnn2C(C)C. The number of aromatic nitrogens is 3. The number of amides is 1. The lowest BCUT2D eigenvalue weighted by Crippen LogP contribution is -2.62. The molecule has 4 N–H and O–H groups in total. The Morgan fingerprint density at radius 2 is 1.90 bits per heavy atom. The van der Waals surface area contributed by atoms with Gasteiger partial charge in [0.05, 0.1) is 17.1 Å². The molecule has 1 aromatic carbocycles. The highest BCUT2D eigenvalue weighted by Gasteiger charge is 2.74. The Hall–Kier alpha value is -3.98. The highest BCUT2D eigenvalue weighted by atomic mass is 16.6. The molecule has 3 aromatic rings. The molecule has 0 saturated heterocycles. The Morgan fingerprint density at radius 3 is 2.58 bits per heavy atom. The number of hydrogen-bond acceptors (Lipinski definition) is 7. The molecule has 0 radical (unpaired) electrons. The van der Waals surface area contributed by atoms with Crippen molar-refractivity contribution in [2.24, 2.45) is 5.73 Å². The monoisotopic (exact) mass is 541 g/mol. The lowest BCUT2D eigenvalue weighted by atomic mass is 9.82. The van der Waals surface area contributed by atoms with Crippen LogP contribution in [0.5, 0.6) is 5.75 Å². The maximum atomic E-state index is 14.4. The van der Waals surface area contributed by atoms with Gasteiger partial charge in [-0.05, 0) is 56.2 Å². The number of ether oxygens (including phenoxy) is 1. The van der Waals surface area contributed by atoms with Gasteiger partial charge >= 0.3 is 0 Å². The number of rotatable bonds is 5. The number of nitrogens with one attached hydrogen (secondary N) is 1. The Labute approximate surface area is 233 Å². The molecular formula is C31H35N5O4. The first-order valence-corrected chi connectivity index (χ1v) is 13.9. The van der Waals surface area contributed by atoms with Crippen LogP contribution in [-0.4, -0.2) is 37.3 Å². The number of ketones is 1. The van der Waals surface area contributed by atoms with Gasteiger partial charge in [-0.15, -0.1) is 0 Å². The molecule has 0 bridgehead atoms. The summed E-state index contributed by atoms with van der Waals surface area (Å²) < 4.78 is 8.03. The highest BCUT2D eigenvalue weighted by molar-refractivity contribution is 6.17. The van der Waals surface area contributed by atoms with Gasteiger partial charge in [-0.1, -0.05) is 45.9 Å². The Balaban J connectivity index is 1.57. The summed E-state index contributed by atoms with van der Waals surface area (Å²) in [6.07, 6.45) is 4.46. The molecule has 3 heterocycles. The second kappa shape index (κ2) is 8.76. The molecule has 9 nitrogen and oxygen atoms in total. The number of carbonyl (C=O) groups excluding carboxylic acids is 2. The van der Waals surface area contributed by atoms with Crippen LogP contribution in [0.3, 0.4) is 0 Å². The van der Waals surface area contributed by atoms with E-state index in [0.717, 1.165) is 11.3 Å². The molecule has 0 spiro atoms. The van der Waals surface area contributed by atoms with Gasteiger partial charge in [-0.2, -0.15) is 5.10 Å². The van der Waals surface area contributed by atoms with Gasteiger partial charge in [0.15, 0.2) is 5.65 Å². The maximum Gasteiger partial charge on any atom is 0.270 e. The zero-order valence-corrected chi connectivity index (χ0v) is 23.7. The molecule has 1 amide bonds. The van der Waals surface area contributed by atoms with Crippen LogP contribution in [0.15, 0.2) is 53.4 Å². The van der Waals surface area contributed by atoms with Crippen LogP contribution in [0.1, 0.15) is 99.4 Å². The number of nitrogens with zero attached hydrogens (tertiary/aromatic N) is 3. The third kappa shape index (κ3) is 3.36. The van der Waals surface area contributed by atoms with Crippen molar-refractivity contribution >= 4 is 22.7 Å². The standard InChI is InChI=1S/C31H35N5O4/c1-15(2)18-10-11-21-25(12-18)40-31(39)22-8-7-9-23(32)26(22)27(37)30(21,31)35-29(38)19-13-24(16(3)4)34-28-20(19)14-33-36(28)17(5)6/h8,10-17,39H,7,9,32H2,1-6H3,(H,35,38). The Morgan fingerprint density at radius 1 is 1.15 bits per heavy atom. The van der Waals surface area contributed by atoms with Crippen molar-refractivity contribution in [3.8, 4) is 5.75 Å². The normalized spacial score (nSPS) is 23.6. The fraction of sp³-hybridized carbons (Fsp3) is 0.419. The summed E-state index contributed by atoms with van der Waals surface area (Å²) >= 11 is 0. The summed E-state index contributed by atoms with van der Waals surface area (Å²) in [5, 5.41) is 20.3. The Bertz CT molecular complexity index is 1660. The topological polar surface area (TPSA) is 132 Å². The zero-order chi connectivity index (χ0) is 28.7. The van der Waals surface area contributed by atoms with E-state index in [1.807, 2.05) is 39.8 Å². The Kier molecular flexibility index (Phi) is 5.75. The van der Waals surface area contributed by atoms with E-state index in [1.165, 1.54) is 0 Å². The molecule has 2 unspecified atom stereocenters. The van der Waals surface area contributed by atoms with Crippen molar-refractivity contribution in [3.63, 3.8) is 0 Å². The minimum absolute atomic E-state index is 0.0265. The molecular weight excluding hydrogens is 506 g/mol. The number of Topliss-reactive ketones (excluding diaryl/α,β-unsaturated/α-hetero) is 1. The average Bonchev–Trinajstić information content (AvgIpc) is 3.50. The van der Waals surface area contributed by atoms with Gasteiger partial charge in [0.25, 0.3) is 11.7 Å². The number of pyridine rings is 1. The lowest BCUT2D eigenvalue weighted by molar-refractivity contribution is -0.152. The van der Waals surface area contributed by atoms with E-state index in [1.54, 1.807) is 29.1 Å². The number of hydrogen-bond donors (Lipinski definition) is 3. The number of fused-ring (bicyclic) bond motifs is 6. The van der Waals surface area contributed by atoms with E-state index in [9.17, 15) is 14.7 Å². The van der Waals surface area contributed by atoms with Crippen LogP contribution < -0.4 is 15.8 Å². The lowest BCUT2D eigenvalue weighted by Gasteiger charge is -2.34. The van der Waals surface area contributed by atoms with Gasteiger partial charge < -0.3 is 20.9 Å². The third-order valence-corrected chi connectivity index (χ3v) is 8.34. The maximum absolute atomic E-state index is 14.4. The van der Waals surface area contributed by atoms with Crippen molar-refractivity contribution in [3.05, 3.63) is 75.8 Å². The smallest absolute Gasteiger partial charge is 0.270 e. The molecule has 40 heavy (non-hydrogen) atoms. The van der Waals surface area contributed by atoms with Crippen molar-refractivity contribution in [1.29, 1.82) is 0 Å². The van der Waals surface area contributed by atoms with E-state index < -0.39 is 23.0 Å². The van der Waals surface area contributed by atoms with E-state index in [-0.39, 0.29) is 23.5 Å². The summed E-state index contributed by atoms with van der Waals surface area (Å²) in [6, 6.07) is 7.28. The van der Waals surface area contributed by atoms with Crippen LogP contribution >= 0.6 is 0 Å². The molecule has 3 aliphatic rings. The van der Waals surface area contributed by atoms with Crippen LogP contribution in [-0.2, 0) is 10.3 Å². The molecule has 2 atom stereocenters. The largest absolute Gasteiger partial charge is 0.454 e. The predicted octanol–water partition coefficient (Wildman–Crippen LogP) is 4.48. The zero-order valence-electron chi connectivity index (χ0n) is 23.7. The molecule has 2 aliphatic carbocycles. The average molecular weight is 542 g/mol. The minimum Gasteiger partial charge on any atom is -0.454 e. The van der Waals surface area contributed by atoms with Crippen LogP contribution in [0.2, 0.25) is 0 Å². The first-order valence-electron chi connectivity index (χ1n) is 13.9. The van der Waals surface area contributed by atoms with E-state index in [2.05, 4.69) is 24.3 Å².